The molecule has 114 valence electrons. The van der Waals surface area contributed by atoms with Crippen molar-refractivity contribution in [3.05, 3.63) is 47.5 Å². The van der Waals surface area contributed by atoms with Crippen LogP contribution in [0.2, 0.25) is 0 Å². The van der Waals surface area contributed by atoms with E-state index < -0.39 is 11.8 Å². The van der Waals surface area contributed by atoms with Crippen LogP contribution in [-0.2, 0) is 0 Å². The summed E-state index contributed by atoms with van der Waals surface area (Å²) in [4.78, 5) is 26.0. The zero-order valence-electron chi connectivity index (χ0n) is 12.2. The third kappa shape index (κ3) is 1.37. The highest BCUT2D eigenvalue weighted by Gasteiger charge is 2.56. The fourth-order valence-electron chi connectivity index (χ4n) is 4.75. The molecule has 2 aromatic rings. The van der Waals surface area contributed by atoms with Gasteiger partial charge in [0.05, 0.1) is 11.1 Å². The van der Waals surface area contributed by atoms with Crippen LogP contribution in [-0.4, -0.2) is 21.8 Å². The highest BCUT2D eigenvalue weighted by Crippen LogP contribution is 2.56. The number of allylic oxidation sites excluding steroid dienone is 2. The molecule has 4 unspecified atom stereocenters. The van der Waals surface area contributed by atoms with Crippen molar-refractivity contribution in [2.75, 3.05) is 0 Å². The molecule has 3 aliphatic rings. The first-order valence-electron chi connectivity index (χ1n) is 7.83. The molecule has 0 radical (unpaired) electrons. The summed E-state index contributed by atoms with van der Waals surface area (Å²) < 4.78 is 0. The second-order valence-corrected chi connectivity index (χ2v) is 6.72. The summed E-state index contributed by atoms with van der Waals surface area (Å²) in [6.07, 6.45) is 4.84. The van der Waals surface area contributed by atoms with Gasteiger partial charge in [0, 0.05) is 22.6 Å². The van der Waals surface area contributed by atoms with E-state index in [9.17, 15) is 19.8 Å². The highest BCUT2D eigenvalue weighted by atomic mass is 16.3. The van der Waals surface area contributed by atoms with E-state index in [0.717, 1.165) is 6.42 Å². The van der Waals surface area contributed by atoms with E-state index in [1.165, 1.54) is 0 Å². The molecule has 4 atom stereocenters. The summed E-state index contributed by atoms with van der Waals surface area (Å²) in [5.41, 5.74) is 0.0156. The Bertz CT molecular complexity index is 866. The van der Waals surface area contributed by atoms with Gasteiger partial charge in [0.2, 0.25) is 0 Å². The normalized spacial score (nSPS) is 30.8. The van der Waals surface area contributed by atoms with Crippen LogP contribution in [0.5, 0.6) is 11.5 Å². The molecule has 0 aromatic heterocycles. The van der Waals surface area contributed by atoms with E-state index in [1.807, 2.05) is 12.2 Å². The van der Waals surface area contributed by atoms with Gasteiger partial charge in [0.25, 0.3) is 0 Å². The fourth-order valence-corrected chi connectivity index (χ4v) is 4.75. The van der Waals surface area contributed by atoms with E-state index in [1.54, 1.807) is 24.3 Å². The monoisotopic (exact) mass is 306 g/mol. The molecular weight excluding hydrogens is 292 g/mol. The lowest BCUT2D eigenvalue weighted by atomic mass is 9.68. The van der Waals surface area contributed by atoms with Gasteiger partial charge in [0.1, 0.15) is 11.5 Å². The van der Waals surface area contributed by atoms with Gasteiger partial charge < -0.3 is 10.2 Å². The molecule has 1 fully saturated rings. The van der Waals surface area contributed by atoms with Gasteiger partial charge in [-0.05, 0) is 18.3 Å². The molecule has 2 bridgehead atoms. The first-order valence-corrected chi connectivity index (χ1v) is 7.83. The zero-order chi connectivity index (χ0) is 15.9. The average molecular weight is 306 g/mol. The van der Waals surface area contributed by atoms with Gasteiger partial charge in [-0.3, -0.25) is 9.59 Å². The minimum Gasteiger partial charge on any atom is -0.507 e. The summed E-state index contributed by atoms with van der Waals surface area (Å²) in [6.45, 7) is 0. The van der Waals surface area contributed by atoms with Crippen molar-refractivity contribution < 1.29 is 19.8 Å². The van der Waals surface area contributed by atoms with Crippen LogP contribution in [0, 0.1) is 23.7 Å². The summed E-state index contributed by atoms with van der Waals surface area (Å²) in [5, 5.41) is 22.0. The molecule has 0 heterocycles. The van der Waals surface area contributed by atoms with Crippen molar-refractivity contribution in [3.63, 3.8) is 0 Å². The SMILES string of the molecule is O=C1c2c(c(O)c3ccccc3c2O)C(=O)C2C3C=CC(C3)C12. The summed E-state index contributed by atoms with van der Waals surface area (Å²) in [7, 11) is 0. The topological polar surface area (TPSA) is 74.6 Å². The van der Waals surface area contributed by atoms with Crippen LogP contribution in [0.15, 0.2) is 36.4 Å². The molecule has 2 aromatic carbocycles. The molecule has 3 aliphatic carbocycles. The predicted octanol–water partition coefficient (Wildman–Crippen LogP) is 3.07. The first kappa shape index (κ1) is 12.9. The van der Waals surface area contributed by atoms with Crippen LogP contribution in [0.25, 0.3) is 10.8 Å². The molecule has 0 amide bonds. The fraction of sp³-hybridized carbons (Fsp3) is 0.263. The molecule has 2 N–H and O–H groups in total. The largest absolute Gasteiger partial charge is 0.507 e. The van der Waals surface area contributed by atoms with E-state index >= 15 is 0 Å². The first-order chi connectivity index (χ1) is 11.1. The molecule has 0 aliphatic heterocycles. The number of benzene rings is 2. The number of phenols is 2. The second-order valence-electron chi connectivity index (χ2n) is 6.72. The Morgan fingerprint density at radius 1 is 0.783 bits per heavy atom. The lowest BCUT2D eigenvalue weighted by Gasteiger charge is -2.32. The van der Waals surface area contributed by atoms with Crippen LogP contribution >= 0.6 is 0 Å². The van der Waals surface area contributed by atoms with Gasteiger partial charge in [-0.1, -0.05) is 36.4 Å². The lowest BCUT2D eigenvalue weighted by Crippen LogP contribution is -2.39. The van der Waals surface area contributed by atoms with Crippen LogP contribution in [0.3, 0.4) is 0 Å². The minimum absolute atomic E-state index is 0.00778. The van der Waals surface area contributed by atoms with Gasteiger partial charge >= 0.3 is 0 Å². The quantitative estimate of drug-likeness (QED) is 0.579. The Morgan fingerprint density at radius 3 is 1.65 bits per heavy atom. The van der Waals surface area contributed by atoms with Crippen LogP contribution < -0.4 is 0 Å². The molecular formula is C19H14O4. The van der Waals surface area contributed by atoms with E-state index in [-0.39, 0.29) is 46.0 Å². The molecule has 0 saturated heterocycles. The number of carbonyl (C=O) groups excluding carboxylic acids is 2. The van der Waals surface area contributed by atoms with Crippen molar-refractivity contribution in [2.45, 2.75) is 6.42 Å². The molecule has 4 heteroatoms. The van der Waals surface area contributed by atoms with Crippen molar-refractivity contribution in [3.8, 4) is 11.5 Å². The Balaban J connectivity index is 1.87. The predicted molar refractivity (Wildman–Crippen MR) is 83.7 cm³/mol. The highest BCUT2D eigenvalue weighted by molar-refractivity contribution is 6.23. The maximum atomic E-state index is 13.0. The number of aromatic hydroxyl groups is 2. The van der Waals surface area contributed by atoms with Crippen LogP contribution in [0.4, 0.5) is 0 Å². The van der Waals surface area contributed by atoms with Crippen molar-refractivity contribution in [2.24, 2.45) is 23.7 Å². The van der Waals surface area contributed by atoms with Crippen molar-refractivity contribution in [1.82, 2.24) is 0 Å². The third-order valence-electron chi connectivity index (χ3n) is 5.72. The Kier molecular flexibility index (Phi) is 2.25. The number of rotatable bonds is 0. The molecule has 5 rings (SSSR count). The van der Waals surface area contributed by atoms with Crippen LogP contribution in [0.1, 0.15) is 27.1 Å². The second kappa shape index (κ2) is 4.02. The van der Waals surface area contributed by atoms with Crippen molar-refractivity contribution >= 4 is 22.3 Å². The van der Waals surface area contributed by atoms with Crippen molar-refractivity contribution in [1.29, 1.82) is 0 Å². The molecule has 4 nitrogen and oxygen atoms in total. The number of carbonyl (C=O) groups is 2. The molecule has 1 saturated carbocycles. The third-order valence-corrected chi connectivity index (χ3v) is 5.72. The number of hydrogen-bond acceptors (Lipinski definition) is 4. The average Bonchev–Trinajstić information content (AvgIpc) is 3.17. The maximum Gasteiger partial charge on any atom is 0.171 e. The standard InChI is InChI=1S/C19H14O4/c20-16-10-3-1-2-4-11(10)17(21)15-14(16)18(22)12-8-5-6-9(7-8)13(12)19(15)23/h1-6,8-9,12-13,20-21H,7H2. The minimum atomic E-state index is -0.392. The van der Waals surface area contributed by atoms with Gasteiger partial charge in [0.15, 0.2) is 11.6 Å². The number of phenolic OH excluding ortho intramolecular Hbond substituents is 2. The number of fused-ring (bicyclic) bond motifs is 7. The van der Waals surface area contributed by atoms with E-state index in [0.29, 0.717) is 10.8 Å². The maximum absolute atomic E-state index is 13.0. The molecule has 0 spiro atoms. The Labute approximate surface area is 132 Å². The van der Waals surface area contributed by atoms with E-state index in [2.05, 4.69) is 0 Å². The smallest absolute Gasteiger partial charge is 0.171 e. The number of hydrogen-bond donors (Lipinski definition) is 2. The van der Waals surface area contributed by atoms with Gasteiger partial charge in [-0.2, -0.15) is 0 Å². The number of Topliss-reactive ketones (excluding diaryl/α,β-unsaturated/α-hetero) is 2. The Morgan fingerprint density at radius 2 is 1.22 bits per heavy atom. The molecule has 23 heavy (non-hydrogen) atoms. The number of ketones is 2. The lowest BCUT2D eigenvalue weighted by molar-refractivity contribution is 0.0715. The summed E-state index contributed by atoms with van der Waals surface area (Å²) >= 11 is 0. The van der Waals surface area contributed by atoms with Gasteiger partial charge in [-0.25, -0.2) is 0 Å². The zero-order valence-corrected chi connectivity index (χ0v) is 12.2. The summed E-state index contributed by atoms with van der Waals surface area (Å²) in [5.74, 6) is -1.42. The summed E-state index contributed by atoms with van der Waals surface area (Å²) in [6, 6.07) is 6.75. The van der Waals surface area contributed by atoms with Gasteiger partial charge in [-0.15, -0.1) is 0 Å². The Hall–Kier alpha value is -2.62. The van der Waals surface area contributed by atoms with E-state index in [4.69, 9.17) is 0 Å².